The molecular weight excluding hydrogens is 669 g/mol. The molecule has 4 aliphatic rings. The second-order valence-electron chi connectivity index (χ2n) is 14.6. The third-order valence-electron chi connectivity index (χ3n) is 10.8. The number of ether oxygens (including phenoxy) is 1. The summed E-state index contributed by atoms with van der Waals surface area (Å²) in [5.74, 6) is -1.52. The first-order valence-electron chi connectivity index (χ1n) is 18.1. The third-order valence-corrected chi connectivity index (χ3v) is 13.0. The minimum absolute atomic E-state index is 0.122. The fraction of sp³-hybridized carbons (Fsp3) is 0.500. The number of amides is 3. The molecule has 3 aromatic rings. The van der Waals surface area contributed by atoms with E-state index >= 15 is 0 Å². The molecule has 0 unspecified atom stereocenters. The molecule has 2 aromatic carbocycles. The van der Waals surface area contributed by atoms with Gasteiger partial charge in [-0.05, 0) is 76.1 Å². The minimum atomic E-state index is -3.94. The predicted octanol–water partition coefficient (Wildman–Crippen LogP) is 4.41. The van der Waals surface area contributed by atoms with Crippen molar-refractivity contribution in [3.05, 3.63) is 72.4 Å². The number of aryl methyl sites for hydroxylation is 1. The number of hydrogen-bond acceptors (Lipinski definition) is 9. The second kappa shape index (κ2) is 13.9. The van der Waals surface area contributed by atoms with Crippen molar-refractivity contribution in [3.8, 4) is 5.88 Å². The summed E-state index contributed by atoms with van der Waals surface area (Å²) in [6.45, 7) is 3.71. The van der Waals surface area contributed by atoms with Crippen LogP contribution in [-0.4, -0.2) is 76.0 Å². The Hall–Kier alpha value is -4.52. The van der Waals surface area contributed by atoms with Crippen LogP contribution in [0, 0.1) is 5.92 Å². The number of allylic oxidation sites excluding steroid dienone is 1. The number of hydrogen-bond donors (Lipinski definition) is 3. The topological polar surface area (TPSA) is 160 Å². The number of aromatic nitrogens is 2. The van der Waals surface area contributed by atoms with Crippen molar-refractivity contribution in [3.63, 3.8) is 0 Å². The van der Waals surface area contributed by atoms with Crippen LogP contribution in [0.25, 0.3) is 11.0 Å². The van der Waals surface area contributed by atoms with Crippen molar-refractivity contribution < 1.29 is 27.5 Å². The average Bonchev–Trinajstić information content (AvgIpc) is 4.00. The lowest BCUT2D eigenvalue weighted by Gasteiger charge is -2.30. The molecule has 3 fully saturated rings. The quantitative estimate of drug-likeness (QED) is 0.287. The summed E-state index contributed by atoms with van der Waals surface area (Å²) in [6, 6.07) is 15.5. The zero-order valence-electron chi connectivity index (χ0n) is 29.1. The molecule has 0 radical (unpaired) electrons. The van der Waals surface area contributed by atoms with Crippen LogP contribution < -0.4 is 20.1 Å². The number of benzene rings is 2. The highest BCUT2D eigenvalue weighted by Crippen LogP contribution is 2.47. The van der Waals surface area contributed by atoms with E-state index in [0.717, 1.165) is 36.9 Å². The molecule has 5 atom stereocenters. The molecule has 1 saturated heterocycles. The molecule has 13 heteroatoms. The van der Waals surface area contributed by atoms with Crippen LogP contribution in [0.4, 0.5) is 5.69 Å². The van der Waals surface area contributed by atoms with Crippen LogP contribution in [0.3, 0.4) is 0 Å². The maximum absolute atomic E-state index is 14.6. The van der Waals surface area contributed by atoms with E-state index in [1.165, 1.54) is 0 Å². The van der Waals surface area contributed by atoms with Gasteiger partial charge in [-0.3, -0.25) is 19.1 Å². The molecule has 7 rings (SSSR count). The van der Waals surface area contributed by atoms with Crippen molar-refractivity contribution in [2.24, 2.45) is 5.92 Å². The van der Waals surface area contributed by atoms with Crippen LogP contribution >= 0.6 is 0 Å². The monoisotopic (exact) mass is 714 g/mol. The summed E-state index contributed by atoms with van der Waals surface area (Å²) < 4.78 is 34.0. The van der Waals surface area contributed by atoms with Gasteiger partial charge in [0, 0.05) is 18.0 Å². The Morgan fingerprint density at radius 3 is 2.47 bits per heavy atom. The lowest BCUT2D eigenvalue weighted by molar-refractivity contribution is -0.140. The molecule has 12 nitrogen and oxygen atoms in total. The van der Waals surface area contributed by atoms with Gasteiger partial charge < -0.3 is 20.3 Å². The maximum Gasteiger partial charge on any atom is 0.259 e. The number of nitrogens with zero attached hydrogens (tertiary/aromatic N) is 3. The lowest BCUT2D eigenvalue weighted by Crippen LogP contribution is -2.58. The smallest absolute Gasteiger partial charge is 0.259 e. The number of fused-ring (bicyclic) bond motifs is 3. The molecular formula is C38H46N6O6S. The molecule has 0 spiro atoms. The van der Waals surface area contributed by atoms with E-state index in [-0.39, 0.29) is 31.2 Å². The maximum atomic E-state index is 14.6. The van der Waals surface area contributed by atoms with Crippen molar-refractivity contribution in [1.29, 1.82) is 0 Å². The highest BCUT2D eigenvalue weighted by molar-refractivity contribution is 7.91. The average molecular weight is 715 g/mol. The Morgan fingerprint density at radius 1 is 1.02 bits per heavy atom. The molecule has 270 valence electrons. The van der Waals surface area contributed by atoms with Gasteiger partial charge in [0.25, 0.3) is 5.91 Å². The first kappa shape index (κ1) is 34.9. The number of nitrogens with one attached hydrogen (secondary N) is 3. The summed E-state index contributed by atoms with van der Waals surface area (Å²) >= 11 is 0. The Balaban J connectivity index is 1.20. The highest BCUT2D eigenvalue weighted by atomic mass is 32.2. The Kier molecular flexibility index (Phi) is 9.51. The number of para-hydroxylation sites is 3. The number of anilines is 1. The Labute approximate surface area is 298 Å². The molecule has 51 heavy (non-hydrogen) atoms. The van der Waals surface area contributed by atoms with Gasteiger partial charge in [-0.25, -0.2) is 18.4 Å². The van der Waals surface area contributed by atoms with E-state index in [0.29, 0.717) is 42.8 Å². The van der Waals surface area contributed by atoms with Crippen LogP contribution in [-0.2, 0) is 30.8 Å². The van der Waals surface area contributed by atoms with Gasteiger partial charge in [-0.1, -0.05) is 62.2 Å². The van der Waals surface area contributed by atoms with Gasteiger partial charge in [-0.15, -0.1) is 0 Å². The predicted molar refractivity (Wildman–Crippen MR) is 193 cm³/mol. The fourth-order valence-corrected chi connectivity index (χ4v) is 8.50. The van der Waals surface area contributed by atoms with E-state index in [4.69, 9.17) is 14.7 Å². The number of rotatable bonds is 8. The van der Waals surface area contributed by atoms with Crippen LogP contribution in [0.5, 0.6) is 5.88 Å². The molecule has 3 N–H and O–H groups in total. The molecule has 2 saturated carbocycles. The van der Waals surface area contributed by atoms with Gasteiger partial charge >= 0.3 is 0 Å². The van der Waals surface area contributed by atoms with Crippen molar-refractivity contribution in [2.75, 3.05) is 11.9 Å². The highest BCUT2D eigenvalue weighted by Gasteiger charge is 2.63. The fourth-order valence-electron chi connectivity index (χ4n) is 7.18. The summed E-state index contributed by atoms with van der Waals surface area (Å²) in [5, 5.41) is 6.37. The Bertz CT molecular complexity index is 1950. The molecule has 1 aromatic heterocycles. The SMILES string of the molecule is CCc1nc2ccccc2nc1O[C@@H]1C[C@H]2C(=O)N[C@]3(C(=O)NS(=O)(=O)C4(C)CC4)C[C@@H]3/C=C\CCCCC[C@H](Nc3ccccc3)C(=O)N2C1. The van der Waals surface area contributed by atoms with E-state index in [2.05, 4.69) is 15.4 Å². The molecule has 2 aliphatic carbocycles. The number of carbonyl (C=O) groups excluding carboxylic acids is 3. The van der Waals surface area contributed by atoms with Crippen LogP contribution in [0.1, 0.15) is 77.3 Å². The molecule has 2 aliphatic heterocycles. The molecule has 3 heterocycles. The van der Waals surface area contributed by atoms with Crippen molar-refractivity contribution >= 4 is 44.5 Å². The third kappa shape index (κ3) is 7.17. The molecule has 0 bridgehead atoms. The normalized spacial score (nSPS) is 28.3. The van der Waals surface area contributed by atoms with Gasteiger partial charge in [0.15, 0.2) is 0 Å². The zero-order chi connectivity index (χ0) is 35.8. The standard InChI is InChI=1S/C38H46N6O6S/c1-3-28-34(41-30-18-13-12-17-29(30)40-28)50-27-22-32-33(45)42-38(36(47)43-51(48,49)37(2)20-21-37)23-25(38)14-8-5-4-6-11-19-31(35(46)44(32)24-27)39-26-15-9-7-10-16-26/h7-10,12-18,25,27,31-32,39H,3-6,11,19-24H2,1-2H3,(H,42,45)(H,43,47)/b14-8-/t25-,27+,31-,32-,38+/m0/s1. The first-order chi connectivity index (χ1) is 24.5. The largest absolute Gasteiger partial charge is 0.471 e. The number of carbonyl (C=O) groups is 3. The van der Waals surface area contributed by atoms with Crippen LogP contribution in [0.2, 0.25) is 0 Å². The minimum Gasteiger partial charge on any atom is -0.471 e. The van der Waals surface area contributed by atoms with Gasteiger partial charge in [-0.2, -0.15) is 0 Å². The summed E-state index contributed by atoms with van der Waals surface area (Å²) in [7, 11) is -3.94. The van der Waals surface area contributed by atoms with Gasteiger partial charge in [0.1, 0.15) is 29.4 Å². The van der Waals surface area contributed by atoms with E-state index in [1.54, 1.807) is 11.8 Å². The van der Waals surface area contributed by atoms with Crippen LogP contribution in [0.15, 0.2) is 66.7 Å². The zero-order valence-corrected chi connectivity index (χ0v) is 30.0. The summed E-state index contributed by atoms with van der Waals surface area (Å²) in [4.78, 5) is 53.8. The first-order valence-corrected chi connectivity index (χ1v) is 19.6. The van der Waals surface area contributed by atoms with Gasteiger partial charge in [0.2, 0.25) is 27.7 Å². The molecule has 3 amide bonds. The number of sulfonamides is 1. The Morgan fingerprint density at radius 2 is 1.75 bits per heavy atom. The van der Waals surface area contributed by atoms with Crippen molar-refractivity contribution in [1.82, 2.24) is 24.9 Å². The summed E-state index contributed by atoms with van der Waals surface area (Å²) in [6.07, 6.45) is 9.19. The second-order valence-corrected chi connectivity index (χ2v) is 16.8. The van der Waals surface area contributed by atoms with Gasteiger partial charge in [0.05, 0.1) is 22.3 Å². The summed E-state index contributed by atoms with van der Waals surface area (Å²) in [5.41, 5.74) is 1.45. The van der Waals surface area contributed by atoms with E-state index < -0.39 is 50.3 Å². The van der Waals surface area contributed by atoms with Crippen molar-refractivity contribution in [2.45, 2.75) is 107 Å². The van der Waals surface area contributed by atoms with E-state index in [1.807, 2.05) is 73.7 Å². The van der Waals surface area contributed by atoms with E-state index in [9.17, 15) is 22.8 Å². The lowest BCUT2D eigenvalue weighted by atomic mass is 10.0.